The zero-order valence-electron chi connectivity index (χ0n) is 14.7. The highest BCUT2D eigenvalue weighted by Gasteiger charge is 2.28. The topological polar surface area (TPSA) is 72.1 Å². The van der Waals surface area contributed by atoms with E-state index >= 15 is 0 Å². The number of hydrogen-bond donors (Lipinski definition) is 0. The summed E-state index contributed by atoms with van der Waals surface area (Å²) >= 11 is 0. The van der Waals surface area contributed by atoms with Gasteiger partial charge in [0.05, 0.1) is 0 Å². The fourth-order valence-electron chi connectivity index (χ4n) is 3.39. The first-order valence-electron chi connectivity index (χ1n) is 8.96. The molecule has 0 unspecified atom stereocenters. The molecule has 0 bridgehead atoms. The lowest BCUT2D eigenvalue weighted by Crippen LogP contribution is -2.28. The number of hydrogen-bond acceptors (Lipinski definition) is 5. The fourth-order valence-corrected chi connectivity index (χ4v) is 3.39. The Morgan fingerprint density at radius 3 is 2.85 bits per heavy atom. The number of pyridine rings is 1. The first kappa shape index (κ1) is 17.3. The molecule has 2 aromatic heterocycles. The average molecular weight is 366 g/mol. The van der Waals surface area contributed by atoms with Crippen molar-refractivity contribution >= 4 is 5.91 Å². The van der Waals surface area contributed by atoms with Gasteiger partial charge in [0.1, 0.15) is 5.82 Å². The second-order valence-electron chi connectivity index (χ2n) is 6.59. The summed E-state index contributed by atoms with van der Waals surface area (Å²) in [4.78, 5) is 22.6. The molecule has 138 valence electrons. The molecule has 1 amide bonds. The highest BCUT2D eigenvalue weighted by Crippen LogP contribution is 2.29. The van der Waals surface area contributed by atoms with Crippen LogP contribution in [0.4, 0.5) is 4.39 Å². The van der Waals surface area contributed by atoms with Crippen molar-refractivity contribution in [3.8, 4) is 11.4 Å². The molecule has 1 aliphatic heterocycles. The van der Waals surface area contributed by atoms with Crippen molar-refractivity contribution in [3.05, 3.63) is 66.1 Å². The minimum absolute atomic E-state index is 0.0255. The Morgan fingerprint density at radius 2 is 2.04 bits per heavy atom. The van der Waals surface area contributed by atoms with Crippen LogP contribution in [-0.4, -0.2) is 39.0 Å². The molecule has 0 saturated carbocycles. The quantitative estimate of drug-likeness (QED) is 0.693. The van der Waals surface area contributed by atoms with Crippen molar-refractivity contribution in [1.29, 1.82) is 0 Å². The second-order valence-corrected chi connectivity index (χ2v) is 6.59. The molecule has 3 aromatic rings. The third-order valence-corrected chi connectivity index (χ3v) is 4.85. The largest absolute Gasteiger partial charge is 0.342 e. The number of aryl methyl sites for hydroxylation is 1. The summed E-state index contributed by atoms with van der Waals surface area (Å²) in [6.45, 7) is 1.19. The van der Waals surface area contributed by atoms with Gasteiger partial charge in [-0.3, -0.25) is 9.78 Å². The van der Waals surface area contributed by atoms with Crippen molar-refractivity contribution in [3.63, 3.8) is 0 Å². The second kappa shape index (κ2) is 7.65. The van der Waals surface area contributed by atoms with Crippen LogP contribution in [0.2, 0.25) is 0 Å². The van der Waals surface area contributed by atoms with Gasteiger partial charge in [-0.15, -0.1) is 0 Å². The van der Waals surface area contributed by atoms with Gasteiger partial charge in [-0.25, -0.2) is 4.39 Å². The lowest BCUT2D eigenvalue weighted by molar-refractivity contribution is -0.130. The van der Waals surface area contributed by atoms with Gasteiger partial charge < -0.3 is 9.42 Å². The summed E-state index contributed by atoms with van der Waals surface area (Å²) in [5, 5.41) is 3.94. The molecule has 0 spiro atoms. The van der Waals surface area contributed by atoms with Crippen LogP contribution in [-0.2, 0) is 11.2 Å². The molecule has 0 radical (unpaired) electrons. The van der Waals surface area contributed by atoms with E-state index in [1.54, 1.807) is 41.6 Å². The van der Waals surface area contributed by atoms with Crippen molar-refractivity contribution in [2.75, 3.05) is 13.1 Å². The molecular formula is C20H19FN4O2. The molecular weight excluding hydrogens is 347 g/mol. The first-order chi connectivity index (χ1) is 13.2. The summed E-state index contributed by atoms with van der Waals surface area (Å²) in [7, 11) is 0. The van der Waals surface area contributed by atoms with Crippen molar-refractivity contribution in [2.24, 2.45) is 0 Å². The Kier molecular flexibility index (Phi) is 4.91. The first-order valence-corrected chi connectivity index (χ1v) is 8.96. The van der Waals surface area contributed by atoms with E-state index in [-0.39, 0.29) is 17.6 Å². The number of likely N-dealkylation sites (tertiary alicyclic amines) is 1. The molecule has 1 saturated heterocycles. The van der Waals surface area contributed by atoms with Crippen molar-refractivity contribution < 1.29 is 13.7 Å². The zero-order valence-corrected chi connectivity index (χ0v) is 14.7. The Morgan fingerprint density at radius 1 is 1.22 bits per heavy atom. The molecule has 1 atom stereocenters. The molecule has 0 aliphatic carbocycles. The monoisotopic (exact) mass is 366 g/mol. The summed E-state index contributed by atoms with van der Waals surface area (Å²) in [5.41, 5.74) is 1.50. The molecule has 1 aliphatic rings. The van der Waals surface area contributed by atoms with Crippen LogP contribution in [0.5, 0.6) is 0 Å². The highest BCUT2D eigenvalue weighted by molar-refractivity contribution is 5.76. The molecule has 6 nitrogen and oxygen atoms in total. The predicted octanol–water partition coefficient (Wildman–Crippen LogP) is 3.22. The van der Waals surface area contributed by atoms with Crippen LogP contribution in [0.3, 0.4) is 0 Å². The molecule has 1 fully saturated rings. The number of carbonyl (C=O) groups is 1. The molecule has 7 heteroatoms. The van der Waals surface area contributed by atoms with Gasteiger partial charge in [0.25, 0.3) is 0 Å². The van der Waals surface area contributed by atoms with E-state index in [0.29, 0.717) is 43.2 Å². The summed E-state index contributed by atoms with van der Waals surface area (Å²) in [6.07, 6.45) is 4.78. The van der Waals surface area contributed by atoms with Crippen molar-refractivity contribution in [2.45, 2.75) is 25.2 Å². The van der Waals surface area contributed by atoms with Crippen LogP contribution >= 0.6 is 0 Å². The van der Waals surface area contributed by atoms with Crippen LogP contribution in [0, 0.1) is 5.82 Å². The smallest absolute Gasteiger partial charge is 0.227 e. The predicted molar refractivity (Wildman–Crippen MR) is 96.2 cm³/mol. The molecule has 27 heavy (non-hydrogen) atoms. The van der Waals surface area contributed by atoms with Gasteiger partial charge in [0.15, 0.2) is 0 Å². The average Bonchev–Trinajstić information content (AvgIpc) is 3.37. The van der Waals surface area contributed by atoms with E-state index in [0.717, 1.165) is 12.0 Å². The minimum atomic E-state index is -0.202. The number of benzene rings is 1. The SMILES string of the molecule is O=C(CCc1nc(-c2ccncc2)no1)N1CC[C@H](c2ccccc2F)C1. The summed E-state index contributed by atoms with van der Waals surface area (Å²) < 4.78 is 19.2. The number of halogens is 1. The third-order valence-electron chi connectivity index (χ3n) is 4.85. The zero-order chi connectivity index (χ0) is 18.6. The molecule has 1 aromatic carbocycles. The maximum absolute atomic E-state index is 13.9. The molecule has 3 heterocycles. The maximum atomic E-state index is 13.9. The number of rotatable bonds is 5. The van der Waals surface area contributed by atoms with E-state index in [1.165, 1.54) is 6.07 Å². The van der Waals surface area contributed by atoms with Crippen molar-refractivity contribution in [1.82, 2.24) is 20.0 Å². The van der Waals surface area contributed by atoms with Crippen LogP contribution in [0.15, 0.2) is 53.3 Å². The van der Waals surface area contributed by atoms with Gasteiger partial charge in [-0.2, -0.15) is 4.98 Å². The van der Waals surface area contributed by atoms with Crippen LogP contribution < -0.4 is 0 Å². The van der Waals surface area contributed by atoms with Gasteiger partial charge >= 0.3 is 0 Å². The lowest BCUT2D eigenvalue weighted by atomic mass is 9.98. The van der Waals surface area contributed by atoms with E-state index in [9.17, 15) is 9.18 Å². The van der Waals surface area contributed by atoms with Gasteiger partial charge in [-0.05, 0) is 30.2 Å². The number of nitrogens with zero attached hydrogens (tertiary/aromatic N) is 4. The Bertz CT molecular complexity index is 928. The highest BCUT2D eigenvalue weighted by atomic mass is 19.1. The van der Waals surface area contributed by atoms with E-state index in [4.69, 9.17) is 4.52 Å². The lowest BCUT2D eigenvalue weighted by Gasteiger charge is -2.16. The standard InChI is InChI=1S/C20H19FN4O2/c21-17-4-2-1-3-16(17)15-9-12-25(13-15)19(26)6-5-18-23-20(24-27-18)14-7-10-22-11-8-14/h1-4,7-8,10-11,15H,5-6,9,12-13H2/t15-/m0/s1. The number of carbonyl (C=O) groups excluding carboxylic acids is 1. The Balaban J connectivity index is 1.33. The normalized spacial score (nSPS) is 16.6. The number of aromatic nitrogens is 3. The maximum Gasteiger partial charge on any atom is 0.227 e. The van der Waals surface area contributed by atoms with E-state index in [2.05, 4.69) is 15.1 Å². The van der Waals surface area contributed by atoms with E-state index < -0.39 is 0 Å². The molecule has 4 rings (SSSR count). The Labute approximate surface area is 156 Å². The van der Waals surface area contributed by atoms with Gasteiger partial charge in [0.2, 0.25) is 17.6 Å². The Hall–Kier alpha value is -3.09. The van der Waals surface area contributed by atoms with Crippen LogP contribution in [0.1, 0.15) is 30.2 Å². The molecule has 0 N–H and O–H groups in total. The van der Waals surface area contributed by atoms with Crippen LogP contribution in [0.25, 0.3) is 11.4 Å². The summed E-state index contributed by atoms with van der Waals surface area (Å²) in [6, 6.07) is 10.4. The number of amides is 1. The summed E-state index contributed by atoms with van der Waals surface area (Å²) in [5.74, 6) is 0.793. The third kappa shape index (κ3) is 3.86. The van der Waals surface area contributed by atoms with E-state index in [1.807, 2.05) is 6.07 Å². The minimum Gasteiger partial charge on any atom is -0.342 e. The van der Waals surface area contributed by atoms with Gasteiger partial charge in [0, 0.05) is 49.8 Å². The van der Waals surface area contributed by atoms with Gasteiger partial charge in [-0.1, -0.05) is 23.4 Å². The fraction of sp³-hybridized carbons (Fsp3) is 0.300.